The van der Waals surface area contributed by atoms with Gasteiger partial charge in [-0.05, 0) is 6.92 Å². The lowest BCUT2D eigenvalue weighted by atomic mass is 9.93. The van der Waals surface area contributed by atoms with Crippen LogP contribution in [0.5, 0.6) is 0 Å². The van der Waals surface area contributed by atoms with E-state index in [1.807, 2.05) is 0 Å². The average Bonchev–Trinajstić information content (AvgIpc) is 2.61. The maximum atomic E-state index is 9.95. The van der Waals surface area contributed by atoms with Gasteiger partial charge in [-0.3, -0.25) is 4.99 Å². The van der Waals surface area contributed by atoms with E-state index >= 15 is 0 Å². The number of aliphatic hydroxyl groups is 3. The smallest absolute Gasteiger partial charge is 0.156 e. The molecule has 0 aliphatic carbocycles. The van der Waals surface area contributed by atoms with Crippen LogP contribution in [0.25, 0.3) is 0 Å². The minimum atomic E-state index is -1.13. The van der Waals surface area contributed by atoms with Crippen LogP contribution in [0.2, 0.25) is 0 Å². The van der Waals surface area contributed by atoms with E-state index in [1.165, 1.54) is 11.8 Å². The predicted molar refractivity (Wildman–Crippen MR) is 60.2 cm³/mol. The fourth-order valence-electron chi connectivity index (χ4n) is 2.15. The molecule has 0 spiro atoms. The second-order valence-electron chi connectivity index (χ2n) is 4.03. The summed E-state index contributed by atoms with van der Waals surface area (Å²) in [5.74, 6) is 0. The Bertz CT molecular complexity index is 314. The fourth-order valence-corrected chi connectivity index (χ4v) is 3.38. The minimum absolute atomic E-state index is 0.170. The molecule has 16 heavy (non-hydrogen) atoms. The van der Waals surface area contributed by atoms with Crippen molar-refractivity contribution in [3.63, 3.8) is 0 Å². The van der Waals surface area contributed by atoms with Gasteiger partial charge in [0, 0.05) is 6.54 Å². The minimum Gasteiger partial charge on any atom is -0.394 e. The Morgan fingerprint density at radius 2 is 2.19 bits per heavy atom. The lowest BCUT2D eigenvalue weighted by molar-refractivity contribution is -0.196. The molecular weight excluding hydrogens is 232 g/mol. The molecule has 0 radical (unpaired) electrons. The fraction of sp³-hybridized carbons (Fsp3) is 0.889. The highest BCUT2D eigenvalue weighted by atomic mass is 32.2. The van der Waals surface area contributed by atoms with E-state index in [4.69, 9.17) is 15.6 Å². The van der Waals surface area contributed by atoms with Crippen LogP contribution in [0.4, 0.5) is 0 Å². The number of fused-ring (bicyclic) bond motifs is 1. The zero-order valence-corrected chi connectivity index (χ0v) is 9.72. The van der Waals surface area contributed by atoms with Crippen molar-refractivity contribution in [1.82, 2.24) is 0 Å². The number of nitrogens with zero attached hydrogens (tertiary/aromatic N) is 1. The maximum Gasteiger partial charge on any atom is 0.156 e. The van der Waals surface area contributed by atoms with Gasteiger partial charge in [-0.15, -0.1) is 0 Å². The lowest BCUT2D eigenvalue weighted by Gasteiger charge is -2.45. The highest BCUT2D eigenvalue weighted by Crippen LogP contribution is 2.45. The molecule has 1 saturated heterocycles. The van der Waals surface area contributed by atoms with Gasteiger partial charge in [-0.1, -0.05) is 11.8 Å². The standard InChI is InChI=1S/C9H16N2O4S/c1-4-11-8-7(14)6(13)5(2-12)15-9(8,3-10)16-4/h5-8,12-14H,2-3,10H2,1H3/t5-,6+,7+,8-,9-/m1/s1. The summed E-state index contributed by atoms with van der Waals surface area (Å²) in [6.07, 6.45) is -3.01. The molecule has 0 aromatic carbocycles. The first kappa shape index (κ1) is 12.3. The summed E-state index contributed by atoms with van der Waals surface area (Å²) in [5.41, 5.74) is 5.67. The van der Waals surface area contributed by atoms with E-state index in [0.717, 1.165) is 5.04 Å². The molecule has 6 nitrogen and oxygen atoms in total. The molecule has 2 rings (SSSR count). The number of thioether (sulfide) groups is 1. The molecule has 0 bridgehead atoms. The maximum absolute atomic E-state index is 9.95. The molecule has 2 heterocycles. The number of rotatable bonds is 2. The van der Waals surface area contributed by atoms with Crippen LogP contribution in [0.1, 0.15) is 6.92 Å². The van der Waals surface area contributed by atoms with Crippen molar-refractivity contribution in [2.24, 2.45) is 10.7 Å². The van der Waals surface area contributed by atoms with Crippen molar-refractivity contribution < 1.29 is 20.1 Å². The average molecular weight is 248 g/mol. The van der Waals surface area contributed by atoms with Gasteiger partial charge in [0.25, 0.3) is 0 Å². The van der Waals surface area contributed by atoms with Gasteiger partial charge in [0.2, 0.25) is 0 Å². The second kappa shape index (κ2) is 4.25. The first-order chi connectivity index (χ1) is 7.54. The van der Waals surface area contributed by atoms with Gasteiger partial charge in [0.1, 0.15) is 24.4 Å². The van der Waals surface area contributed by atoms with Crippen LogP contribution in [0, 0.1) is 0 Å². The van der Waals surface area contributed by atoms with E-state index in [-0.39, 0.29) is 13.2 Å². The summed E-state index contributed by atoms with van der Waals surface area (Å²) in [5, 5.41) is 29.5. The van der Waals surface area contributed by atoms with E-state index in [1.54, 1.807) is 6.92 Å². The van der Waals surface area contributed by atoms with Crippen molar-refractivity contribution in [1.29, 1.82) is 0 Å². The molecule has 1 fully saturated rings. The number of nitrogens with two attached hydrogens (primary N) is 1. The third-order valence-electron chi connectivity index (χ3n) is 2.96. The first-order valence-electron chi connectivity index (χ1n) is 5.12. The number of hydrogen-bond acceptors (Lipinski definition) is 7. The number of ether oxygens (including phenoxy) is 1. The van der Waals surface area contributed by atoms with Crippen molar-refractivity contribution in [2.75, 3.05) is 13.2 Å². The van der Waals surface area contributed by atoms with Gasteiger partial charge in [-0.25, -0.2) is 0 Å². The number of aliphatic hydroxyl groups excluding tert-OH is 3. The number of hydrogen-bond donors (Lipinski definition) is 4. The monoisotopic (exact) mass is 248 g/mol. The topological polar surface area (TPSA) is 108 Å². The van der Waals surface area contributed by atoms with Gasteiger partial charge < -0.3 is 25.8 Å². The SMILES string of the molecule is CC1=N[C@@H]2[C@@H](O)[C@@H](O)[C@@H](CO)O[C@]2(CN)S1. The van der Waals surface area contributed by atoms with Gasteiger partial charge >= 0.3 is 0 Å². The van der Waals surface area contributed by atoms with Crippen LogP contribution < -0.4 is 5.73 Å². The Morgan fingerprint density at radius 3 is 2.75 bits per heavy atom. The summed E-state index contributed by atoms with van der Waals surface area (Å²) >= 11 is 1.34. The normalized spacial score (nSPS) is 47.7. The molecule has 7 heteroatoms. The van der Waals surface area contributed by atoms with Crippen molar-refractivity contribution in [3.8, 4) is 0 Å². The van der Waals surface area contributed by atoms with Crippen LogP contribution in [0.3, 0.4) is 0 Å². The largest absolute Gasteiger partial charge is 0.394 e. The zero-order valence-electron chi connectivity index (χ0n) is 8.91. The molecule has 0 unspecified atom stereocenters. The van der Waals surface area contributed by atoms with E-state index in [0.29, 0.717) is 0 Å². The quantitative estimate of drug-likeness (QED) is 0.463. The molecule has 5 N–H and O–H groups in total. The lowest BCUT2D eigenvalue weighted by Crippen LogP contribution is -2.64. The molecule has 92 valence electrons. The molecule has 5 atom stereocenters. The number of aliphatic imine (C=N–C) groups is 1. The van der Waals surface area contributed by atoms with Crippen LogP contribution in [-0.2, 0) is 4.74 Å². The summed E-state index contributed by atoms with van der Waals surface area (Å²) in [7, 11) is 0. The van der Waals surface area contributed by atoms with E-state index in [9.17, 15) is 10.2 Å². The molecule has 0 aromatic rings. The van der Waals surface area contributed by atoms with E-state index < -0.39 is 29.3 Å². The Hall–Kier alpha value is -0.180. The molecule has 0 saturated carbocycles. The van der Waals surface area contributed by atoms with Crippen molar-refractivity contribution >= 4 is 16.8 Å². The highest BCUT2D eigenvalue weighted by molar-refractivity contribution is 8.15. The second-order valence-corrected chi connectivity index (χ2v) is 5.52. The Kier molecular flexibility index (Phi) is 3.26. The zero-order chi connectivity index (χ0) is 11.9. The Balaban J connectivity index is 2.29. The molecule has 0 amide bonds. The molecule has 2 aliphatic heterocycles. The first-order valence-corrected chi connectivity index (χ1v) is 5.94. The Morgan fingerprint density at radius 1 is 1.50 bits per heavy atom. The van der Waals surface area contributed by atoms with Crippen molar-refractivity contribution in [2.45, 2.75) is 36.2 Å². The molecule has 0 aromatic heterocycles. The van der Waals surface area contributed by atoms with Crippen LogP contribution in [0.15, 0.2) is 4.99 Å². The predicted octanol–water partition coefficient (Wildman–Crippen LogP) is -1.71. The van der Waals surface area contributed by atoms with Crippen molar-refractivity contribution in [3.05, 3.63) is 0 Å². The Labute approximate surface area is 97.5 Å². The van der Waals surface area contributed by atoms with E-state index in [2.05, 4.69) is 4.99 Å². The van der Waals surface area contributed by atoms with Gasteiger partial charge in [-0.2, -0.15) is 0 Å². The summed E-state index contributed by atoms with van der Waals surface area (Å²) in [6, 6.07) is -0.569. The van der Waals surface area contributed by atoms with Gasteiger partial charge in [0.15, 0.2) is 4.93 Å². The highest BCUT2D eigenvalue weighted by Gasteiger charge is 2.56. The summed E-state index contributed by atoms with van der Waals surface area (Å²) in [4.78, 5) is 3.39. The molecule has 2 aliphatic rings. The summed E-state index contributed by atoms with van der Waals surface area (Å²) < 4.78 is 5.61. The van der Waals surface area contributed by atoms with Crippen LogP contribution >= 0.6 is 11.8 Å². The van der Waals surface area contributed by atoms with Crippen LogP contribution in [-0.4, -0.2) is 62.8 Å². The summed E-state index contributed by atoms with van der Waals surface area (Å²) in [6.45, 7) is 1.62. The third kappa shape index (κ3) is 1.68. The van der Waals surface area contributed by atoms with Gasteiger partial charge in [0.05, 0.1) is 11.7 Å². The molecular formula is C9H16N2O4S. The third-order valence-corrected chi connectivity index (χ3v) is 4.21.